The number of allylic oxidation sites excluding steroid dienone is 1. The largest absolute Gasteiger partial charge is 0.401 e. The molecule has 0 amide bonds. The zero-order valence-electron chi connectivity index (χ0n) is 11.7. The average molecular weight is 280 g/mol. The Morgan fingerprint density at radius 2 is 1.65 bits per heavy atom. The molecule has 0 aromatic rings. The molecule has 102 valence electrons. The zero-order chi connectivity index (χ0) is 13.5. The van der Waals surface area contributed by atoms with E-state index in [1.165, 1.54) is 0 Å². The highest BCUT2D eigenvalue weighted by molar-refractivity contribution is 7.54. The van der Waals surface area contributed by atoms with Crippen LogP contribution >= 0.6 is 7.60 Å². The van der Waals surface area contributed by atoms with Crippen molar-refractivity contribution in [2.75, 3.05) is 13.2 Å². The molecule has 0 fully saturated rings. The van der Waals surface area contributed by atoms with Crippen LogP contribution in [0.25, 0.3) is 0 Å². The van der Waals surface area contributed by atoms with E-state index in [9.17, 15) is 4.57 Å². The number of hydrogen-bond acceptors (Lipinski definition) is 4. The molecule has 0 N–H and O–H groups in total. The summed E-state index contributed by atoms with van der Waals surface area (Å²) in [5.74, 6) is -0.598. The van der Waals surface area contributed by atoms with E-state index in [1.807, 2.05) is 32.6 Å². The SMILES string of the molecule is C/C=C/C(O[Si](C)(C)C)P(=O)(OCC)OCC. The third kappa shape index (κ3) is 6.53. The first-order valence-electron chi connectivity index (χ1n) is 5.98. The topological polar surface area (TPSA) is 44.8 Å². The van der Waals surface area contributed by atoms with Crippen molar-refractivity contribution in [3.63, 3.8) is 0 Å². The van der Waals surface area contributed by atoms with Crippen molar-refractivity contribution >= 4 is 15.9 Å². The van der Waals surface area contributed by atoms with Gasteiger partial charge in [-0.3, -0.25) is 4.57 Å². The van der Waals surface area contributed by atoms with Gasteiger partial charge in [0.05, 0.1) is 13.2 Å². The predicted octanol–water partition coefficient (Wildman–Crippen LogP) is 4.01. The van der Waals surface area contributed by atoms with Gasteiger partial charge in [0.25, 0.3) is 0 Å². The Labute approximate surface area is 106 Å². The van der Waals surface area contributed by atoms with Gasteiger partial charge < -0.3 is 13.5 Å². The molecule has 0 aliphatic carbocycles. The van der Waals surface area contributed by atoms with Gasteiger partial charge in [-0.05, 0) is 46.5 Å². The van der Waals surface area contributed by atoms with Crippen LogP contribution in [0.3, 0.4) is 0 Å². The molecule has 0 spiro atoms. The lowest BCUT2D eigenvalue weighted by atomic mass is 10.6. The molecule has 17 heavy (non-hydrogen) atoms. The Kier molecular flexibility index (Phi) is 7.52. The molecule has 0 rings (SSSR count). The van der Waals surface area contributed by atoms with Crippen molar-refractivity contribution in [1.82, 2.24) is 0 Å². The highest BCUT2D eigenvalue weighted by Crippen LogP contribution is 2.54. The van der Waals surface area contributed by atoms with Gasteiger partial charge in [0.1, 0.15) is 0 Å². The fourth-order valence-electron chi connectivity index (χ4n) is 1.28. The van der Waals surface area contributed by atoms with Crippen LogP contribution in [0.5, 0.6) is 0 Å². The van der Waals surface area contributed by atoms with Crippen molar-refractivity contribution in [3.05, 3.63) is 12.2 Å². The summed E-state index contributed by atoms with van der Waals surface area (Å²) >= 11 is 0. The summed E-state index contributed by atoms with van der Waals surface area (Å²) < 4.78 is 29.1. The molecule has 0 heterocycles. The van der Waals surface area contributed by atoms with E-state index in [-0.39, 0.29) is 0 Å². The first kappa shape index (κ1) is 17.1. The van der Waals surface area contributed by atoms with Gasteiger partial charge in [0.2, 0.25) is 0 Å². The fourth-order valence-corrected chi connectivity index (χ4v) is 5.02. The minimum atomic E-state index is -3.22. The van der Waals surface area contributed by atoms with Crippen LogP contribution in [0.15, 0.2) is 12.2 Å². The first-order valence-corrected chi connectivity index (χ1v) is 11.0. The second kappa shape index (κ2) is 7.49. The van der Waals surface area contributed by atoms with E-state index in [2.05, 4.69) is 0 Å². The van der Waals surface area contributed by atoms with E-state index in [1.54, 1.807) is 19.9 Å². The summed E-state index contributed by atoms with van der Waals surface area (Å²) in [7, 11) is -5.03. The molecule has 0 saturated carbocycles. The smallest absolute Gasteiger partial charge is 0.361 e. The van der Waals surface area contributed by atoms with Crippen LogP contribution in [-0.2, 0) is 18.0 Å². The number of hydrogen-bond donors (Lipinski definition) is 0. The van der Waals surface area contributed by atoms with Gasteiger partial charge in [-0.2, -0.15) is 0 Å². The van der Waals surface area contributed by atoms with Crippen molar-refractivity contribution < 1.29 is 18.0 Å². The fraction of sp³-hybridized carbons (Fsp3) is 0.818. The Balaban J connectivity index is 5.02. The van der Waals surface area contributed by atoms with Gasteiger partial charge in [0.15, 0.2) is 14.2 Å². The molecule has 0 aromatic carbocycles. The van der Waals surface area contributed by atoms with Crippen LogP contribution in [0, 0.1) is 0 Å². The third-order valence-corrected chi connectivity index (χ3v) is 5.06. The lowest BCUT2D eigenvalue weighted by molar-refractivity contribution is 0.175. The Hall–Kier alpha value is 0.0669. The summed E-state index contributed by atoms with van der Waals surface area (Å²) in [6.45, 7) is 12.3. The molecule has 0 bridgehead atoms. The van der Waals surface area contributed by atoms with Crippen LogP contribution in [-0.4, -0.2) is 27.4 Å². The predicted molar refractivity (Wildman–Crippen MR) is 73.9 cm³/mol. The maximum Gasteiger partial charge on any atom is 0.361 e. The minimum absolute atomic E-state index is 0.348. The first-order chi connectivity index (χ1) is 7.79. The summed E-state index contributed by atoms with van der Waals surface area (Å²) in [6.07, 6.45) is 3.57. The maximum atomic E-state index is 12.6. The van der Waals surface area contributed by atoms with Crippen LogP contribution < -0.4 is 0 Å². The molecule has 4 nitrogen and oxygen atoms in total. The molecular weight excluding hydrogens is 255 g/mol. The summed E-state index contributed by atoms with van der Waals surface area (Å²) in [4.78, 5) is 0. The van der Waals surface area contributed by atoms with Crippen molar-refractivity contribution in [3.8, 4) is 0 Å². The second-order valence-electron chi connectivity index (χ2n) is 4.52. The van der Waals surface area contributed by atoms with Crippen molar-refractivity contribution in [2.24, 2.45) is 0 Å². The Bertz CT molecular complexity index is 276. The lowest BCUT2D eigenvalue weighted by Gasteiger charge is -2.29. The zero-order valence-corrected chi connectivity index (χ0v) is 13.6. The third-order valence-electron chi connectivity index (χ3n) is 1.76. The monoisotopic (exact) mass is 280 g/mol. The van der Waals surface area contributed by atoms with Gasteiger partial charge in [0, 0.05) is 0 Å². The van der Waals surface area contributed by atoms with Crippen molar-refractivity contribution in [1.29, 1.82) is 0 Å². The van der Waals surface area contributed by atoms with Gasteiger partial charge in [-0.25, -0.2) is 0 Å². The molecule has 0 aliphatic heterocycles. The molecule has 0 aromatic heterocycles. The van der Waals surface area contributed by atoms with E-state index in [0.29, 0.717) is 13.2 Å². The van der Waals surface area contributed by atoms with E-state index >= 15 is 0 Å². The van der Waals surface area contributed by atoms with Crippen molar-refractivity contribution in [2.45, 2.75) is 46.3 Å². The molecule has 6 heteroatoms. The number of rotatable bonds is 8. The molecule has 1 atom stereocenters. The Morgan fingerprint density at radius 1 is 1.18 bits per heavy atom. The lowest BCUT2D eigenvalue weighted by Crippen LogP contribution is -2.32. The van der Waals surface area contributed by atoms with Crippen LogP contribution in [0.2, 0.25) is 19.6 Å². The Morgan fingerprint density at radius 3 is 1.94 bits per heavy atom. The van der Waals surface area contributed by atoms with Crippen LogP contribution in [0.1, 0.15) is 20.8 Å². The minimum Gasteiger partial charge on any atom is -0.401 e. The van der Waals surface area contributed by atoms with E-state index in [0.717, 1.165) is 0 Å². The molecule has 0 aliphatic rings. The maximum absolute atomic E-state index is 12.6. The summed E-state index contributed by atoms with van der Waals surface area (Å²) in [6, 6.07) is 0. The standard InChI is InChI=1S/C11H25O4PSi/c1-7-10-11(15-17(4,5)6)16(12,13-8-2)14-9-3/h7,10-11H,8-9H2,1-6H3/b10-7+. The van der Waals surface area contributed by atoms with E-state index in [4.69, 9.17) is 13.5 Å². The highest BCUT2D eigenvalue weighted by Gasteiger charge is 2.37. The van der Waals surface area contributed by atoms with Gasteiger partial charge in [-0.1, -0.05) is 6.08 Å². The van der Waals surface area contributed by atoms with Crippen LogP contribution in [0.4, 0.5) is 0 Å². The molecule has 0 radical (unpaired) electrons. The summed E-state index contributed by atoms with van der Waals surface area (Å²) in [5, 5.41) is 0. The van der Waals surface area contributed by atoms with E-state index < -0.39 is 21.8 Å². The summed E-state index contributed by atoms with van der Waals surface area (Å²) in [5.41, 5.74) is 0. The van der Waals surface area contributed by atoms with Gasteiger partial charge in [-0.15, -0.1) is 0 Å². The molecular formula is C11H25O4PSi. The normalized spacial score (nSPS) is 15.4. The molecule has 0 saturated heterocycles. The van der Waals surface area contributed by atoms with Gasteiger partial charge >= 0.3 is 7.60 Å². The second-order valence-corrected chi connectivity index (χ2v) is 11.1. The highest BCUT2D eigenvalue weighted by atomic mass is 31.2. The average Bonchev–Trinajstić information content (AvgIpc) is 2.16. The quantitative estimate of drug-likeness (QED) is 0.383. The molecule has 1 unspecified atom stereocenters.